The molecule has 1 saturated heterocycles. The smallest absolute Gasteiger partial charge is 0.260 e. The fourth-order valence-corrected chi connectivity index (χ4v) is 4.05. The fraction of sp³-hybridized carbons (Fsp3) is 0.364. The molecule has 1 aliphatic rings. The Morgan fingerprint density at radius 2 is 1.81 bits per heavy atom. The normalized spacial score (nSPS) is 19.2. The highest BCUT2D eigenvalue weighted by Crippen LogP contribution is 2.20. The molecule has 4 rings (SSSR count). The van der Waals surface area contributed by atoms with Crippen molar-refractivity contribution in [3.63, 3.8) is 0 Å². The third-order valence-corrected chi connectivity index (χ3v) is 5.91. The molecule has 10 heteroatoms. The van der Waals surface area contributed by atoms with E-state index in [1.54, 1.807) is 36.4 Å². The van der Waals surface area contributed by atoms with Crippen molar-refractivity contribution in [3.05, 3.63) is 59.9 Å². The zero-order valence-electron chi connectivity index (χ0n) is 17.9. The number of carbonyl (C=O) groups is 1. The standard InChI is InChI=1S/C22H25FN6O2S/c1-15-12-28(16(2)11-27(15)13-17-3-5-18(23)6-4-17)21(30)14-31-20-9-7-19(8-10-20)29-22(32)24-25-26-29/h3-10,15-16H,11-14H2,1-2H3,(H,24,26,32)/t15-,16+/m0/s1. The van der Waals surface area contributed by atoms with Crippen LogP contribution in [-0.4, -0.2) is 67.7 Å². The minimum Gasteiger partial charge on any atom is -0.484 e. The Balaban J connectivity index is 1.31. The van der Waals surface area contributed by atoms with Crippen molar-refractivity contribution >= 4 is 18.5 Å². The summed E-state index contributed by atoms with van der Waals surface area (Å²) < 4.78 is 20.4. The van der Waals surface area contributed by atoms with Gasteiger partial charge < -0.3 is 9.64 Å². The van der Waals surface area contributed by atoms with E-state index in [-0.39, 0.29) is 30.4 Å². The number of amides is 1. The maximum atomic E-state index is 13.2. The molecule has 0 aliphatic carbocycles. The molecule has 3 aromatic rings. The molecular formula is C22H25FN6O2S. The second-order valence-corrected chi connectivity index (χ2v) is 8.37. The van der Waals surface area contributed by atoms with Crippen LogP contribution in [0.5, 0.6) is 5.75 Å². The van der Waals surface area contributed by atoms with Crippen LogP contribution in [0.15, 0.2) is 53.7 Å². The second kappa shape index (κ2) is 9.66. The van der Waals surface area contributed by atoms with Crippen LogP contribution >= 0.6 is 12.6 Å². The average molecular weight is 457 g/mol. The van der Waals surface area contributed by atoms with E-state index in [2.05, 4.69) is 40.0 Å². The van der Waals surface area contributed by atoms with Gasteiger partial charge in [-0.3, -0.25) is 9.69 Å². The molecule has 32 heavy (non-hydrogen) atoms. The number of aromatic nitrogens is 4. The summed E-state index contributed by atoms with van der Waals surface area (Å²) in [6.45, 7) is 6.20. The zero-order valence-corrected chi connectivity index (χ0v) is 18.8. The average Bonchev–Trinajstić information content (AvgIpc) is 3.22. The lowest BCUT2D eigenvalue weighted by atomic mass is 10.1. The van der Waals surface area contributed by atoms with E-state index in [0.29, 0.717) is 17.5 Å². The number of piperazine rings is 1. The summed E-state index contributed by atoms with van der Waals surface area (Å²) in [6.07, 6.45) is 0. The second-order valence-electron chi connectivity index (χ2n) is 7.97. The van der Waals surface area contributed by atoms with E-state index in [1.165, 1.54) is 16.8 Å². The first-order valence-electron chi connectivity index (χ1n) is 10.4. The molecule has 168 valence electrons. The largest absolute Gasteiger partial charge is 0.484 e. The number of thiol groups is 1. The van der Waals surface area contributed by atoms with Crippen molar-refractivity contribution in [3.8, 4) is 11.4 Å². The van der Waals surface area contributed by atoms with Gasteiger partial charge in [0.15, 0.2) is 6.61 Å². The monoisotopic (exact) mass is 456 g/mol. The van der Waals surface area contributed by atoms with Gasteiger partial charge in [0.2, 0.25) is 5.16 Å². The van der Waals surface area contributed by atoms with Gasteiger partial charge in [-0.1, -0.05) is 12.1 Å². The molecule has 2 heterocycles. The Kier molecular flexibility index (Phi) is 6.71. The number of hydrogen-bond donors (Lipinski definition) is 1. The van der Waals surface area contributed by atoms with Gasteiger partial charge in [0.05, 0.1) is 5.69 Å². The number of tetrazole rings is 1. The van der Waals surface area contributed by atoms with Gasteiger partial charge in [-0.2, -0.15) is 4.68 Å². The number of carbonyl (C=O) groups excluding carboxylic acids is 1. The van der Waals surface area contributed by atoms with E-state index >= 15 is 0 Å². The summed E-state index contributed by atoms with van der Waals surface area (Å²) in [4.78, 5) is 17.0. The topological polar surface area (TPSA) is 76.4 Å². The SMILES string of the molecule is C[C@@H]1CN(Cc2ccc(F)cc2)[C@@H](C)CN1C(=O)COc1ccc(-n2nnnc2S)cc1. The molecule has 0 N–H and O–H groups in total. The molecule has 0 unspecified atom stereocenters. The third-order valence-electron chi connectivity index (χ3n) is 5.63. The van der Waals surface area contributed by atoms with Gasteiger partial charge in [-0.15, -0.1) is 17.7 Å². The molecule has 0 bridgehead atoms. The molecule has 0 spiro atoms. The molecule has 1 fully saturated rings. The van der Waals surface area contributed by atoms with Crippen molar-refractivity contribution in [2.24, 2.45) is 0 Å². The van der Waals surface area contributed by atoms with Gasteiger partial charge in [0, 0.05) is 31.7 Å². The minimum absolute atomic E-state index is 0.0307. The zero-order chi connectivity index (χ0) is 22.7. The van der Waals surface area contributed by atoms with Crippen LogP contribution in [0.25, 0.3) is 5.69 Å². The van der Waals surface area contributed by atoms with E-state index < -0.39 is 0 Å². The van der Waals surface area contributed by atoms with E-state index in [4.69, 9.17) is 4.74 Å². The summed E-state index contributed by atoms with van der Waals surface area (Å²) in [7, 11) is 0. The van der Waals surface area contributed by atoms with Crippen LogP contribution < -0.4 is 4.74 Å². The first-order chi connectivity index (χ1) is 15.4. The Morgan fingerprint density at radius 3 is 2.47 bits per heavy atom. The third kappa shape index (κ3) is 5.08. The Bertz CT molecular complexity index is 1060. The molecule has 1 aromatic heterocycles. The van der Waals surface area contributed by atoms with Gasteiger partial charge in [0.25, 0.3) is 5.91 Å². The fourth-order valence-electron chi connectivity index (χ4n) is 3.85. The van der Waals surface area contributed by atoms with Crippen molar-refractivity contribution in [1.29, 1.82) is 0 Å². The molecule has 1 amide bonds. The van der Waals surface area contributed by atoms with Crippen LogP contribution in [0.1, 0.15) is 19.4 Å². The highest BCUT2D eigenvalue weighted by Gasteiger charge is 2.32. The van der Waals surface area contributed by atoms with Crippen LogP contribution in [-0.2, 0) is 11.3 Å². The first kappa shape index (κ1) is 22.2. The number of ether oxygens (including phenoxy) is 1. The molecule has 0 saturated carbocycles. The van der Waals surface area contributed by atoms with Gasteiger partial charge in [0.1, 0.15) is 11.6 Å². The van der Waals surface area contributed by atoms with E-state index in [1.807, 2.05) is 11.8 Å². The molecule has 1 aliphatic heterocycles. The highest BCUT2D eigenvalue weighted by molar-refractivity contribution is 7.80. The maximum absolute atomic E-state index is 13.2. The summed E-state index contributed by atoms with van der Waals surface area (Å²) in [5, 5.41) is 11.5. The molecular weight excluding hydrogens is 431 g/mol. The lowest BCUT2D eigenvalue weighted by Gasteiger charge is -2.44. The van der Waals surface area contributed by atoms with Crippen LogP contribution in [0, 0.1) is 5.82 Å². The van der Waals surface area contributed by atoms with Gasteiger partial charge in [-0.25, -0.2) is 4.39 Å². The summed E-state index contributed by atoms with van der Waals surface area (Å²) in [5.41, 5.74) is 1.81. The lowest BCUT2D eigenvalue weighted by Crippen LogP contribution is -2.58. The van der Waals surface area contributed by atoms with Crippen LogP contribution in [0.2, 0.25) is 0 Å². The van der Waals surface area contributed by atoms with Crippen molar-refractivity contribution in [2.75, 3.05) is 19.7 Å². The molecule has 8 nitrogen and oxygen atoms in total. The number of nitrogens with zero attached hydrogens (tertiary/aromatic N) is 6. The summed E-state index contributed by atoms with van der Waals surface area (Å²) >= 11 is 4.19. The lowest BCUT2D eigenvalue weighted by molar-refractivity contribution is -0.139. The highest BCUT2D eigenvalue weighted by atomic mass is 32.1. The first-order valence-corrected chi connectivity index (χ1v) is 10.8. The quantitative estimate of drug-likeness (QED) is 0.575. The number of hydrogen-bond acceptors (Lipinski definition) is 7. The number of benzene rings is 2. The Hall–Kier alpha value is -2.98. The summed E-state index contributed by atoms with van der Waals surface area (Å²) in [6, 6.07) is 13.9. The predicted molar refractivity (Wildman–Crippen MR) is 119 cm³/mol. The molecule has 0 radical (unpaired) electrons. The molecule has 2 atom stereocenters. The van der Waals surface area contributed by atoms with Gasteiger partial charge in [-0.05, 0) is 66.2 Å². The maximum Gasteiger partial charge on any atom is 0.260 e. The van der Waals surface area contributed by atoms with Crippen LogP contribution in [0.4, 0.5) is 4.39 Å². The van der Waals surface area contributed by atoms with E-state index in [0.717, 1.165) is 24.3 Å². The Morgan fingerprint density at radius 1 is 1.09 bits per heavy atom. The van der Waals surface area contributed by atoms with Crippen molar-refractivity contribution in [1.82, 2.24) is 30.0 Å². The van der Waals surface area contributed by atoms with Crippen molar-refractivity contribution < 1.29 is 13.9 Å². The van der Waals surface area contributed by atoms with E-state index in [9.17, 15) is 9.18 Å². The van der Waals surface area contributed by atoms with Gasteiger partial charge >= 0.3 is 0 Å². The van der Waals surface area contributed by atoms with Crippen molar-refractivity contribution in [2.45, 2.75) is 37.6 Å². The number of halogens is 1. The summed E-state index contributed by atoms with van der Waals surface area (Å²) in [5.74, 6) is 0.307. The Labute approximate surface area is 191 Å². The van der Waals surface area contributed by atoms with Crippen LogP contribution in [0.3, 0.4) is 0 Å². The molecule has 2 aromatic carbocycles. The number of rotatable bonds is 6. The predicted octanol–water partition coefficient (Wildman–Crippen LogP) is 2.59. The minimum atomic E-state index is -0.234.